The van der Waals surface area contributed by atoms with E-state index in [-0.39, 0.29) is 11.6 Å². The predicted octanol–water partition coefficient (Wildman–Crippen LogP) is 3.20. The Hall–Kier alpha value is -0.930. The molecule has 1 aromatic heterocycles. The van der Waals surface area contributed by atoms with E-state index in [9.17, 15) is 5.11 Å². The number of pyridine rings is 1. The summed E-state index contributed by atoms with van der Waals surface area (Å²) in [6.45, 7) is 8.68. The summed E-state index contributed by atoms with van der Waals surface area (Å²) in [5.41, 5.74) is 2.05. The molecule has 1 aliphatic rings. The average molecular weight is 290 g/mol. The highest BCUT2D eigenvalue weighted by atomic mass is 16.3. The molecule has 3 heteroatoms. The maximum absolute atomic E-state index is 10.7. The Labute approximate surface area is 129 Å². The van der Waals surface area contributed by atoms with Gasteiger partial charge in [0.2, 0.25) is 0 Å². The van der Waals surface area contributed by atoms with Crippen molar-refractivity contribution in [2.45, 2.75) is 70.9 Å². The number of aromatic nitrogens is 1. The Morgan fingerprint density at radius 1 is 1.19 bits per heavy atom. The minimum atomic E-state index is -0.379. The van der Waals surface area contributed by atoms with Crippen LogP contribution in [0.1, 0.15) is 57.7 Å². The molecule has 0 radical (unpaired) electrons. The third-order valence-corrected chi connectivity index (χ3v) is 4.93. The van der Waals surface area contributed by atoms with Crippen LogP contribution in [-0.4, -0.2) is 39.7 Å². The smallest absolute Gasteiger partial charge is 0.0773 e. The molecule has 1 fully saturated rings. The van der Waals surface area contributed by atoms with Crippen LogP contribution in [0.5, 0.6) is 0 Å². The fraction of sp³-hybridized carbons (Fsp3) is 0.722. The van der Waals surface area contributed by atoms with E-state index in [0.717, 1.165) is 25.2 Å². The Bertz CT molecular complexity index is 419. The lowest BCUT2D eigenvalue weighted by Gasteiger charge is -2.41. The highest BCUT2D eigenvalue weighted by Crippen LogP contribution is 2.25. The molecular formula is C18H30N2O. The summed E-state index contributed by atoms with van der Waals surface area (Å²) >= 11 is 0. The van der Waals surface area contributed by atoms with Crippen LogP contribution in [0.4, 0.5) is 0 Å². The third-order valence-electron chi connectivity index (χ3n) is 4.93. The zero-order chi connectivity index (χ0) is 15.3. The molecule has 1 saturated heterocycles. The quantitative estimate of drug-likeness (QED) is 0.904. The number of hydrogen-bond acceptors (Lipinski definition) is 3. The van der Waals surface area contributed by atoms with E-state index in [4.69, 9.17) is 0 Å². The normalized spacial score (nSPS) is 19.2. The van der Waals surface area contributed by atoms with Gasteiger partial charge in [0.05, 0.1) is 6.10 Å². The summed E-state index contributed by atoms with van der Waals surface area (Å²) in [5, 5.41) is 10.7. The van der Waals surface area contributed by atoms with E-state index in [2.05, 4.69) is 42.8 Å². The van der Waals surface area contributed by atoms with Gasteiger partial charge >= 0.3 is 0 Å². The zero-order valence-corrected chi connectivity index (χ0v) is 13.8. The van der Waals surface area contributed by atoms with Gasteiger partial charge in [0.1, 0.15) is 0 Å². The first-order valence-electron chi connectivity index (χ1n) is 8.41. The molecular weight excluding hydrogens is 260 g/mol. The molecule has 0 aromatic carbocycles. The van der Waals surface area contributed by atoms with E-state index in [0.29, 0.717) is 6.42 Å². The Morgan fingerprint density at radius 3 is 2.38 bits per heavy atom. The van der Waals surface area contributed by atoms with Crippen molar-refractivity contribution in [2.75, 3.05) is 13.1 Å². The fourth-order valence-corrected chi connectivity index (χ4v) is 3.09. The van der Waals surface area contributed by atoms with Gasteiger partial charge in [0, 0.05) is 23.9 Å². The van der Waals surface area contributed by atoms with Crippen LogP contribution in [0.2, 0.25) is 0 Å². The second-order valence-corrected chi connectivity index (χ2v) is 6.79. The zero-order valence-electron chi connectivity index (χ0n) is 13.8. The van der Waals surface area contributed by atoms with Gasteiger partial charge in [0.15, 0.2) is 0 Å². The van der Waals surface area contributed by atoms with Gasteiger partial charge in [-0.05, 0) is 57.8 Å². The van der Waals surface area contributed by atoms with E-state index in [1.54, 1.807) is 0 Å². The lowest BCUT2D eigenvalue weighted by atomic mass is 9.91. The average Bonchev–Trinajstić information content (AvgIpc) is 2.77. The lowest BCUT2D eigenvalue weighted by molar-refractivity contribution is -0.00833. The second kappa shape index (κ2) is 7.37. The molecule has 0 saturated carbocycles. The lowest BCUT2D eigenvalue weighted by Crippen LogP contribution is -2.53. The number of likely N-dealkylation sites (tertiary alicyclic amines) is 1. The summed E-state index contributed by atoms with van der Waals surface area (Å²) in [4.78, 5) is 6.95. The minimum Gasteiger partial charge on any atom is -0.391 e. The van der Waals surface area contributed by atoms with Crippen LogP contribution in [0.15, 0.2) is 18.3 Å². The van der Waals surface area contributed by atoms with Gasteiger partial charge in [-0.3, -0.25) is 9.88 Å². The van der Waals surface area contributed by atoms with Crippen molar-refractivity contribution in [2.24, 2.45) is 0 Å². The largest absolute Gasteiger partial charge is 0.391 e. The molecule has 1 aromatic rings. The molecule has 1 unspecified atom stereocenters. The van der Waals surface area contributed by atoms with Crippen molar-refractivity contribution in [3.05, 3.63) is 29.6 Å². The Balaban J connectivity index is 2.00. The molecule has 2 heterocycles. The summed E-state index contributed by atoms with van der Waals surface area (Å²) in [6, 6.07) is 4.18. The number of aryl methyl sites for hydroxylation is 1. The number of aliphatic hydroxyl groups is 1. The first-order chi connectivity index (χ1) is 10.0. The molecule has 0 amide bonds. The van der Waals surface area contributed by atoms with E-state index in [1.165, 1.54) is 31.2 Å². The first-order valence-corrected chi connectivity index (χ1v) is 8.41. The van der Waals surface area contributed by atoms with Gasteiger partial charge in [-0.25, -0.2) is 0 Å². The Morgan fingerprint density at radius 2 is 1.86 bits per heavy atom. The van der Waals surface area contributed by atoms with Crippen LogP contribution < -0.4 is 0 Å². The van der Waals surface area contributed by atoms with Crippen LogP contribution in [0.25, 0.3) is 0 Å². The van der Waals surface area contributed by atoms with Crippen LogP contribution in [0.3, 0.4) is 0 Å². The molecule has 1 atom stereocenters. The fourth-order valence-electron chi connectivity index (χ4n) is 3.09. The van der Waals surface area contributed by atoms with Gasteiger partial charge in [0.25, 0.3) is 0 Å². The van der Waals surface area contributed by atoms with E-state index >= 15 is 0 Å². The van der Waals surface area contributed by atoms with Crippen molar-refractivity contribution in [1.29, 1.82) is 0 Å². The SMILES string of the molecule is CCc1ccc(CC(O)C(C)(C)N2CCCCCC2)nc1. The maximum atomic E-state index is 10.7. The molecule has 0 bridgehead atoms. The van der Waals surface area contributed by atoms with E-state index in [1.807, 2.05) is 6.20 Å². The molecule has 2 rings (SSSR count). The topological polar surface area (TPSA) is 36.4 Å². The molecule has 3 nitrogen and oxygen atoms in total. The van der Waals surface area contributed by atoms with Gasteiger partial charge < -0.3 is 5.11 Å². The highest BCUT2D eigenvalue weighted by molar-refractivity contribution is 5.15. The molecule has 118 valence electrons. The van der Waals surface area contributed by atoms with Crippen LogP contribution in [0, 0.1) is 0 Å². The van der Waals surface area contributed by atoms with Gasteiger partial charge in [-0.1, -0.05) is 25.8 Å². The van der Waals surface area contributed by atoms with Crippen molar-refractivity contribution in [3.63, 3.8) is 0 Å². The first kappa shape index (κ1) is 16.4. The van der Waals surface area contributed by atoms with Crippen molar-refractivity contribution in [3.8, 4) is 0 Å². The maximum Gasteiger partial charge on any atom is 0.0773 e. The second-order valence-electron chi connectivity index (χ2n) is 6.79. The molecule has 0 aliphatic carbocycles. The van der Waals surface area contributed by atoms with Crippen molar-refractivity contribution < 1.29 is 5.11 Å². The third kappa shape index (κ3) is 4.27. The van der Waals surface area contributed by atoms with Crippen molar-refractivity contribution >= 4 is 0 Å². The minimum absolute atomic E-state index is 0.185. The molecule has 21 heavy (non-hydrogen) atoms. The monoisotopic (exact) mass is 290 g/mol. The standard InChI is InChI=1S/C18H30N2O/c1-4-15-9-10-16(19-14-15)13-17(21)18(2,3)20-11-7-5-6-8-12-20/h9-10,14,17,21H,4-8,11-13H2,1-3H3. The molecule has 1 aliphatic heterocycles. The number of nitrogens with zero attached hydrogens (tertiary/aromatic N) is 2. The van der Waals surface area contributed by atoms with Gasteiger partial charge in [-0.2, -0.15) is 0 Å². The predicted molar refractivity (Wildman–Crippen MR) is 87.4 cm³/mol. The van der Waals surface area contributed by atoms with Crippen LogP contribution >= 0.6 is 0 Å². The number of aliphatic hydroxyl groups excluding tert-OH is 1. The van der Waals surface area contributed by atoms with Crippen LogP contribution in [-0.2, 0) is 12.8 Å². The molecule has 1 N–H and O–H groups in total. The Kier molecular flexibility index (Phi) is 5.77. The summed E-state index contributed by atoms with van der Waals surface area (Å²) in [7, 11) is 0. The number of hydrogen-bond donors (Lipinski definition) is 1. The van der Waals surface area contributed by atoms with E-state index < -0.39 is 0 Å². The van der Waals surface area contributed by atoms with Crippen molar-refractivity contribution in [1.82, 2.24) is 9.88 Å². The van der Waals surface area contributed by atoms with Gasteiger partial charge in [-0.15, -0.1) is 0 Å². The molecule has 0 spiro atoms. The highest BCUT2D eigenvalue weighted by Gasteiger charge is 2.34. The summed E-state index contributed by atoms with van der Waals surface area (Å²) < 4.78 is 0. The number of rotatable bonds is 5. The summed E-state index contributed by atoms with van der Waals surface area (Å²) in [6.07, 6.45) is 8.34. The summed E-state index contributed by atoms with van der Waals surface area (Å²) in [5.74, 6) is 0.